The van der Waals surface area contributed by atoms with E-state index in [1.807, 2.05) is 48.5 Å². The van der Waals surface area contributed by atoms with E-state index in [1.54, 1.807) is 12.1 Å². The van der Waals surface area contributed by atoms with Gasteiger partial charge in [-0.1, -0.05) is 36.4 Å². The third-order valence-corrected chi connectivity index (χ3v) is 4.95. The first kappa shape index (κ1) is 23.1. The normalized spacial score (nSPS) is 10.5. The molecule has 0 unspecified atom stereocenters. The van der Waals surface area contributed by atoms with Crippen molar-refractivity contribution in [2.24, 2.45) is 0 Å². The van der Waals surface area contributed by atoms with Crippen LogP contribution in [0, 0.1) is 11.3 Å². The van der Waals surface area contributed by atoms with Crippen LogP contribution in [-0.4, -0.2) is 11.9 Å². The zero-order valence-corrected chi connectivity index (χ0v) is 18.5. The maximum Gasteiger partial charge on any atom is 0.336 e. The quantitative estimate of drug-likeness (QED) is 0.360. The minimum atomic E-state index is -0.374. The van der Waals surface area contributed by atoms with Crippen molar-refractivity contribution in [1.29, 1.82) is 5.26 Å². The van der Waals surface area contributed by atoms with E-state index in [0.717, 1.165) is 29.6 Å². The predicted molar refractivity (Wildman–Crippen MR) is 127 cm³/mol. The summed E-state index contributed by atoms with van der Waals surface area (Å²) in [4.78, 5) is 13.6. The third-order valence-electron chi connectivity index (χ3n) is 4.95. The van der Waals surface area contributed by atoms with Gasteiger partial charge in [-0.3, -0.25) is 4.90 Å². The average Bonchev–Trinajstić information content (AvgIpc) is 2.77. The van der Waals surface area contributed by atoms with E-state index < -0.39 is 0 Å². The summed E-state index contributed by atoms with van der Waals surface area (Å²) in [7, 11) is 2.06. The van der Waals surface area contributed by atoms with E-state index in [0.29, 0.717) is 23.5 Å². The Morgan fingerprint density at radius 1 is 0.906 bits per heavy atom. The van der Waals surface area contributed by atoms with Crippen molar-refractivity contribution in [2.75, 3.05) is 7.05 Å². The molecule has 1 aromatic heterocycles. The van der Waals surface area contributed by atoms with E-state index in [9.17, 15) is 4.79 Å². The summed E-state index contributed by atoms with van der Waals surface area (Å²) in [6.45, 7) is 1.97. The molecule has 1 heterocycles. The minimum absolute atomic E-state index is 0. The number of ether oxygens (including phenoxy) is 1. The van der Waals surface area contributed by atoms with Gasteiger partial charge < -0.3 is 9.15 Å². The minimum Gasteiger partial charge on any atom is -0.489 e. The van der Waals surface area contributed by atoms with Gasteiger partial charge >= 0.3 is 5.63 Å². The van der Waals surface area contributed by atoms with Crippen molar-refractivity contribution in [3.05, 3.63) is 112 Å². The molecular weight excluding hydrogens is 424 g/mol. The summed E-state index contributed by atoms with van der Waals surface area (Å²) in [5, 5.41) is 9.92. The van der Waals surface area contributed by atoms with E-state index in [2.05, 4.69) is 30.1 Å². The van der Waals surface area contributed by atoms with Gasteiger partial charge in [0.2, 0.25) is 0 Å². The monoisotopic (exact) mass is 446 g/mol. The second-order valence-electron chi connectivity index (χ2n) is 7.55. The van der Waals surface area contributed by atoms with Crippen LogP contribution in [0.25, 0.3) is 11.0 Å². The van der Waals surface area contributed by atoms with Gasteiger partial charge in [-0.25, -0.2) is 4.79 Å². The fourth-order valence-electron chi connectivity index (χ4n) is 3.53. The number of hydrogen-bond donors (Lipinski definition) is 0. The summed E-state index contributed by atoms with van der Waals surface area (Å²) >= 11 is 0. The van der Waals surface area contributed by atoms with Gasteiger partial charge in [0.25, 0.3) is 0 Å². The smallest absolute Gasteiger partial charge is 0.336 e. The van der Waals surface area contributed by atoms with Gasteiger partial charge in [-0.05, 0) is 54.1 Å². The van der Waals surface area contributed by atoms with Crippen molar-refractivity contribution in [3.8, 4) is 11.8 Å². The van der Waals surface area contributed by atoms with Gasteiger partial charge in [0.1, 0.15) is 17.9 Å². The molecular formula is C26H23ClN2O3. The second-order valence-corrected chi connectivity index (χ2v) is 7.55. The van der Waals surface area contributed by atoms with Gasteiger partial charge in [-0.15, -0.1) is 12.4 Å². The van der Waals surface area contributed by atoms with Crippen LogP contribution in [-0.2, 0) is 19.7 Å². The van der Waals surface area contributed by atoms with Crippen LogP contribution < -0.4 is 10.4 Å². The Bertz CT molecular complexity index is 1310. The number of fused-ring (bicyclic) bond motifs is 1. The molecule has 0 saturated carbocycles. The van der Waals surface area contributed by atoms with Crippen LogP contribution in [0.15, 0.2) is 88.1 Å². The van der Waals surface area contributed by atoms with Crippen molar-refractivity contribution >= 4 is 23.4 Å². The lowest BCUT2D eigenvalue weighted by molar-refractivity contribution is 0.304. The van der Waals surface area contributed by atoms with Gasteiger partial charge in [0, 0.05) is 30.6 Å². The highest BCUT2D eigenvalue weighted by Crippen LogP contribution is 2.21. The van der Waals surface area contributed by atoms with Gasteiger partial charge in [0.15, 0.2) is 0 Å². The number of rotatable bonds is 7. The lowest BCUT2D eigenvalue weighted by atomic mass is 10.1. The average molecular weight is 447 g/mol. The van der Waals surface area contributed by atoms with Gasteiger partial charge in [-0.2, -0.15) is 5.26 Å². The summed E-state index contributed by atoms with van der Waals surface area (Å²) < 4.78 is 11.1. The van der Waals surface area contributed by atoms with Crippen LogP contribution in [0.3, 0.4) is 0 Å². The Morgan fingerprint density at radius 3 is 2.38 bits per heavy atom. The summed E-state index contributed by atoms with van der Waals surface area (Å²) in [5.74, 6) is 0.654. The van der Waals surface area contributed by atoms with Crippen LogP contribution in [0.4, 0.5) is 0 Å². The van der Waals surface area contributed by atoms with Crippen LogP contribution in [0.2, 0.25) is 0 Å². The Balaban J connectivity index is 0.00000289. The molecule has 3 aromatic carbocycles. The molecule has 5 nitrogen and oxygen atoms in total. The molecule has 4 aromatic rings. The number of nitrogens with zero attached hydrogens (tertiary/aromatic N) is 2. The number of benzene rings is 3. The maximum atomic E-state index is 11.4. The first-order valence-electron chi connectivity index (χ1n) is 10.0. The van der Waals surface area contributed by atoms with Crippen molar-refractivity contribution in [3.63, 3.8) is 0 Å². The molecule has 162 valence electrons. The van der Waals surface area contributed by atoms with Crippen LogP contribution in [0.1, 0.15) is 22.3 Å². The Labute approximate surface area is 192 Å². The Kier molecular flexibility index (Phi) is 7.67. The fraction of sp³-hybridized carbons (Fsp3) is 0.154. The van der Waals surface area contributed by atoms with E-state index in [1.165, 1.54) is 11.6 Å². The molecule has 0 radical (unpaired) electrons. The highest BCUT2D eigenvalue weighted by Gasteiger charge is 2.05. The SMILES string of the molecule is CN(Cc1cccc(C#N)c1)Cc1cccc(COc2ccc3ccc(=O)oc3c2)c1.Cl. The Morgan fingerprint density at radius 2 is 1.59 bits per heavy atom. The molecule has 0 saturated heterocycles. The first-order valence-corrected chi connectivity index (χ1v) is 10.0. The fourth-order valence-corrected chi connectivity index (χ4v) is 3.53. The molecule has 6 heteroatoms. The Hall–Kier alpha value is -3.59. The molecule has 0 amide bonds. The number of nitriles is 1. The lowest BCUT2D eigenvalue weighted by Gasteiger charge is -2.17. The summed E-state index contributed by atoms with van der Waals surface area (Å²) in [6.07, 6.45) is 0. The predicted octanol–water partition coefficient (Wildman–Crippen LogP) is 5.30. The van der Waals surface area contributed by atoms with E-state index in [-0.39, 0.29) is 18.0 Å². The number of halogens is 1. The molecule has 0 fully saturated rings. The van der Waals surface area contributed by atoms with E-state index >= 15 is 0 Å². The van der Waals surface area contributed by atoms with Crippen molar-refractivity contribution < 1.29 is 9.15 Å². The van der Waals surface area contributed by atoms with Crippen molar-refractivity contribution in [2.45, 2.75) is 19.7 Å². The molecule has 0 bridgehead atoms. The third kappa shape index (κ3) is 5.98. The largest absolute Gasteiger partial charge is 0.489 e. The van der Waals surface area contributed by atoms with E-state index in [4.69, 9.17) is 14.4 Å². The highest BCUT2D eigenvalue weighted by atomic mass is 35.5. The van der Waals surface area contributed by atoms with Crippen LogP contribution >= 0.6 is 12.4 Å². The molecule has 4 rings (SSSR count). The highest BCUT2D eigenvalue weighted by molar-refractivity contribution is 5.85. The molecule has 0 atom stereocenters. The zero-order chi connectivity index (χ0) is 21.6. The van der Waals surface area contributed by atoms with Crippen molar-refractivity contribution in [1.82, 2.24) is 4.90 Å². The summed E-state index contributed by atoms with van der Waals surface area (Å²) in [6, 6.07) is 26.8. The number of hydrogen-bond acceptors (Lipinski definition) is 5. The topological polar surface area (TPSA) is 66.5 Å². The molecule has 0 aliphatic carbocycles. The summed E-state index contributed by atoms with van der Waals surface area (Å²) in [5.41, 5.74) is 4.18. The zero-order valence-electron chi connectivity index (χ0n) is 17.7. The molecule has 0 aliphatic heterocycles. The van der Waals surface area contributed by atoms with Gasteiger partial charge in [0.05, 0.1) is 11.6 Å². The molecule has 32 heavy (non-hydrogen) atoms. The van der Waals surface area contributed by atoms with Crippen LogP contribution in [0.5, 0.6) is 5.75 Å². The lowest BCUT2D eigenvalue weighted by Crippen LogP contribution is -2.17. The first-order chi connectivity index (χ1) is 15.1. The maximum absolute atomic E-state index is 11.4. The molecule has 0 spiro atoms. The molecule has 0 N–H and O–H groups in total. The molecule has 0 aliphatic rings. The second kappa shape index (κ2) is 10.6. The standard InChI is InChI=1S/C26H22N2O3.ClH/c1-28(16-20-5-2-4-19(12-20)15-27)17-21-6-3-7-22(13-21)18-30-24-10-8-23-9-11-26(29)31-25(23)14-24;/h2-14H,16-18H2,1H3;1H.